The molecule has 1 saturated carbocycles. The van der Waals surface area contributed by atoms with Crippen molar-refractivity contribution in [1.82, 2.24) is 0 Å². The van der Waals surface area contributed by atoms with E-state index in [0.29, 0.717) is 12.1 Å². The van der Waals surface area contributed by atoms with Crippen molar-refractivity contribution in [3.05, 3.63) is 33.9 Å². The highest BCUT2D eigenvalue weighted by Gasteiger charge is 2.30. The Kier molecular flexibility index (Phi) is 3.94. The second kappa shape index (κ2) is 5.48. The summed E-state index contributed by atoms with van der Waals surface area (Å²) in [6.45, 7) is -0.122. The summed E-state index contributed by atoms with van der Waals surface area (Å²) in [4.78, 5) is 11.2. The lowest BCUT2D eigenvalue weighted by Crippen LogP contribution is -2.43. The SMILES string of the molecule is O=[N+]([O-])c1cc(F)c(N(CCO)C2CCC2)c(F)c1. The maximum Gasteiger partial charge on any atom is 0.275 e. The Morgan fingerprint density at radius 2 is 1.95 bits per heavy atom. The summed E-state index contributed by atoms with van der Waals surface area (Å²) in [5, 5.41) is 19.5. The van der Waals surface area contributed by atoms with E-state index in [0.717, 1.165) is 19.3 Å². The van der Waals surface area contributed by atoms with Crippen molar-refractivity contribution < 1.29 is 18.8 Å². The van der Waals surface area contributed by atoms with E-state index in [4.69, 9.17) is 5.11 Å². The second-order valence-corrected chi connectivity index (χ2v) is 4.52. The van der Waals surface area contributed by atoms with Crippen LogP contribution in [0.5, 0.6) is 0 Å². The predicted molar refractivity (Wildman–Crippen MR) is 65.1 cm³/mol. The fraction of sp³-hybridized carbons (Fsp3) is 0.500. The van der Waals surface area contributed by atoms with Gasteiger partial charge in [0.05, 0.1) is 23.7 Å². The highest BCUT2D eigenvalue weighted by atomic mass is 19.1. The van der Waals surface area contributed by atoms with E-state index in [1.807, 2.05) is 0 Å². The third-order valence-corrected chi connectivity index (χ3v) is 3.36. The summed E-state index contributed by atoms with van der Waals surface area (Å²) in [6, 6.07) is 1.40. The highest BCUT2D eigenvalue weighted by Crippen LogP contribution is 2.34. The maximum absolute atomic E-state index is 13.9. The van der Waals surface area contributed by atoms with E-state index >= 15 is 0 Å². The van der Waals surface area contributed by atoms with Gasteiger partial charge in [-0.25, -0.2) is 8.78 Å². The Labute approximate surface area is 108 Å². The second-order valence-electron chi connectivity index (χ2n) is 4.52. The number of nitro benzene ring substituents is 1. The van der Waals surface area contributed by atoms with Gasteiger partial charge in [-0.15, -0.1) is 0 Å². The Bertz CT molecular complexity index is 469. The molecule has 0 saturated heterocycles. The number of benzene rings is 1. The Morgan fingerprint density at radius 3 is 2.32 bits per heavy atom. The zero-order chi connectivity index (χ0) is 14.0. The summed E-state index contributed by atoms with van der Waals surface area (Å²) in [7, 11) is 0. The van der Waals surface area contributed by atoms with E-state index < -0.39 is 22.2 Å². The molecule has 1 aliphatic rings. The Hall–Kier alpha value is -1.76. The molecule has 7 heteroatoms. The van der Waals surface area contributed by atoms with Crippen LogP contribution < -0.4 is 4.90 Å². The van der Waals surface area contributed by atoms with Crippen molar-refractivity contribution in [2.45, 2.75) is 25.3 Å². The molecule has 0 unspecified atom stereocenters. The van der Waals surface area contributed by atoms with Crippen molar-refractivity contribution in [2.24, 2.45) is 0 Å². The number of non-ortho nitro benzene ring substituents is 1. The minimum atomic E-state index is -0.966. The van der Waals surface area contributed by atoms with Crippen molar-refractivity contribution >= 4 is 11.4 Å². The van der Waals surface area contributed by atoms with E-state index in [2.05, 4.69) is 0 Å². The van der Waals surface area contributed by atoms with Gasteiger partial charge in [0.25, 0.3) is 5.69 Å². The zero-order valence-electron chi connectivity index (χ0n) is 10.2. The Balaban J connectivity index is 2.38. The molecule has 5 nitrogen and oxygen atoms in total. The molecule has 0 amide bonds. The van der Waals surface area contributed by atoms with E-state index in [-0.39, 0.29) is 24.9 Å². The monoisotopic (exact) mass is 272 g/mol. The molecule has 1 aromatic rings. The van der Waals surface area contributed by atoms with Crippen LogP contribution in [-0.2, 0) is 0 Å². The fourth-order valence-electron chi connectivity index (χ4n) is 2.21. The molecule has 19 heavy (non-hydrogen) atoms. The minimum Gasteiger partial charge on any atom is -0.395 e. The molecule has 1 fully saturated rings. The number of nitrogens with zero attached hydrogens (tertiary/aromatic N) is 2. The predicted octanol–water partition coefficient (Wildman–Crippen LogP) is 2.22. The largest absolute Gasteiger partial charge is 0.395 e. The van der Waals surface area contributed by atoms with Crippen LogP contribution in [0.25, 0.3) is 0 Å². The highest BCUT2D eigenvalue weighted by molar-refractivity contribution is 5.54. The lowest BCUT2D eigenvalue weighted by atomic mass is 9.91. The van der Waals surface area contributed by atoms with Crippen molar-refractivity contribution in [1.29, 1.82) is 0 Å². The molecule has 0 heterocycles. The zero-order valence-corrected chi connectivity index (χ0v) is 10.2. The number of aliphatic hydroxyl groups excluding tert-OH is 1. The lowest BCUT2D eigenvalue weighted by Gasteiger charge is -2.39. The van der Waals surface area contributed by atoms with Gasteiger partial charge in [0.1, 0.15) is 5.69 Å². The fourth-order valence-corrected chi connectivity index (χ4v) is 2.21. The third-order valence-electron chi connectivity index (χ3n) is 3.36. The van der Waals surface area contributed by atoms with Crippen LogP contribution >= 0.6 is 0 Å². The van der Waals surface area contributed by atoms with Gasteiger partial charge in [0, 0.05) is 12.6 Å². The van der Waals surface area contributed by atoms with Gasteiger partial charge >= 0.3 is 0 Å². The molecular formula is C12H14F2N2O3. The standard InChI is InChI=1S/C12H14F2N2O3/c13-10-6-9(16(18)19)7-11(14)12(10)15(4-5-17)8-2-1-3-8/h6-8,17H,1-5H2. The van der Waals surface area contributed by atoms with Gasteiger partial charge < -0.3 is 10.0 Å². The quantitative estimate of drug-likeness (QED) is 0.659. The molecule has 104 valence electrons. The van der Waals surface area contributed by atoms with Crippen LogP contribution in [-0.4, -0.2) is 29.2 Å². The number of hydrogen-bond donors (Lipinski definition) is 1. The molecule has 0 atom stereocenters. The maximum atomic E-state index is 13.9. The summed E-state index contributed by atoms with van der Waals surface area (Å²) < 4.78 is 27.8. The van der Waals surface area contributed by atoms with Crippen LogP contribution in [0.1, 0.15) is 19.3 Å². The molecule has 0 spiro atoms. The van der Waals surface area contributed by atoms with Gasteiger partial charge in [-0.3, -0.25) is 10.1 Å². The van der Waals surface area contributed by atoms with Crippen LogP contribution in [0.2, 0.25) is 0 Å². The summed E-state index contributed by atoms with van der Waals surface area (Å²) in [5.74, 6) is -1.93. The van der Waals surface area contributed by atoms with Crippen LogP contribution in [0.3, 0.4) is 0 Å². The number of nitro groups is 1. The van der Waals surface area contributed by atoms with Crippen molar-refractivity contribution in [2.75, 3.05) is 18.1 Å². The number of rotatable bonds is 5. The van der Waals surface area contributed by atoms with Crippen LogP contribution in [0.4, 0.5) is 20.2 Å². The summed E-state index contributed by atoms with van der Waals surface area (Å²) >= 11 is 0. The summed E-state index contributed by atoms with van der Waals surface area (Å²) in [5.41, 5.74) is -0.902. The van der Waals surface area contributed by atoms with Crippen molar-refractivity contribution in [3.63, 3.8) is 0 Å². The first-order chi connectivity index (χ1) is 9.04. The molecule has 0 radical (unpaired) electrons. The van der Waals surface area contributed by atoms with Gasteiger partial charge in [0.15, 0.2) is 11.6 Å². The molecule has 2 rings (SSSR count). The summed E-state index contributed by atoms with van der Waals surface area (Å²) in [6.07, 6.45) is 2.58. The molecule has 0 aromatic heterocycles. The number of hydrogen-bond acceptors (Lipinski definition) is 4. The van der Waals surface area contributed by atoms with Gasteiger partial charge in [-0.1, -0.05) is 0 Å². The average Bonchev–Trinajstić information content (AvgIpc) is 2.25. The minimum absolute atomic E-state index is 0.0161. The van der Waals surface area contributed by atoms with Crippen LogP contribution in [0.15, 0.2) is 12.1 Å². The lowest BCUT2D eigenvalue weighted by molar-refractivity contribution is -0.385. The van der Waals surface area contributed by atoms with E-state index in [9.17, 15) is 18.9 Å². The van der Waals surface area contributed by atoms with E-state index in [1.54, 1.807) is 0 Å². The van der Waals surface area contributed by atoms with Gasteiger partial charge in [0.2, 0.25) is 0 Å². The number of anilines is 1. The smallest absolute Gasteiger partial charge is 0.275 e. The molecule has 1 aliphatic carbocycles. The number of halogens is 2. The first-order valence-electron chi connectivity index (χ1n) is 6.05. The molecule has 0 aliphatic heterocycles. The molecule has 1 aromatic carbocycles. The normalized spacial score (nSPS) is 15.1. The topological polar surface area (TPSA) is 66.6 Å². The van der Waals surface area contributed by atoms with Gasteiger partial charge in [-0.05, 0) is 19.3 Å². The van der Waals surface area contributed by atoms with E-state index in [1.165, 1.54) is 4.90 Å². The van der Waals surface area contributed by atoms with Crippen LogP contribution in [0, 0.1) is 21.7 Å². The molecule has 1 N–H and O–H groups in total. The van der Waals surface area contributed by atoms with Gasteiger partial charge in [-0.2, -0.15) is 0 Å². The molecular weight excluding hydrogens is 258 g/mol. The third kappa shape index (κ3) is 2.65. The molecule has 0 bridgehead atoms. The number of aliphatic hydroxyl groups is 1. The average molecular weight is 272 g/mol. The first-order valence-corrected chi connectivity index (χ1v) is 6.05. The first kappa shape index (κ1) is 13.7. The van der Waals surface area contributed by atoms with Crippen molar-refractivity contribution in [3.8, 4) is 0 Å². The Morgan fingerprint density at radius 1 is 1.37 bits per heavy atom.